The molecule has 0 aromatic heterocycles. The fraction of sp³-hybridized carbons (Fsp3) is 0.350. The van der Waals surface area contributed by atoms with Crippen LogP contribution in [0.4, 0.5) is 11.4 Å². The van der Waals surface area contributed by atoms with E-state index in [0.29, 0.717) is 17.3 Å². The van der Waals surface area contributed by atoms with Crippen molar-refractivity contribution in [3.05, 3.63) is 53.1 Å². The lowest BCUT2D eigenvalue weighted by molar-refractivity contribution is -0.114. The van der Waals surface area contributed by atoms with Gasteiger partial charge in [0.2, 0.25) is 5.91 Å². The van der Waals surface area contributed by atoms with Crippen LogP contribution in [0.2, 0.25) is 5.02 Å². The van der Waals surface area contributed by atoms with Gasteiger partial charge in [-0.05, 0) is 49.6 Å². The summed E-state index contributed by atoms with van der Waals surface area (Å²) >= 11 is 6.09. The first-order valence-corrected chi connectivity index (χ1v) is 9.13. The molecule has 0 bridgehead atoms. The Hall–Kier alpha value is -2.24. The second-order valence-corrected chi connectivity index (χ2v) is 6.66. The van der Waals surface area contributed by atoms with E-state index in [0.717, 1.165) is 36.4 Å². The van der Waals surface area contributed by atoms with Gasteiger partial charge in [-0.15, -0.1) is 0 Å². The number of hydrogen-bond acceptors (Lipinski definition) is 4. The van der Waals surface area contributed by atoms with Crippen molar-refractivity contribution in [2.24, 2.45) is 0 Å². The van der Waals surface area contributed by atoms with Crippen molar-refractivity contribution in [2.75, 3.05) is 30.4 Å². The Morgan fingerprint density at radius 1 is 1.23 bits per heavy atom. The summed E-state index contributed by atoms with van der Waals surface area (Å²) in [7, 11) is 0. The zero-order chi connectivity index (χ0) is 18.4. The van der Waals surface area contributed by atoms with Crippen molar-refractivity contribution in [3.63, 3.8) is 0 Å². The maximum absolute atomic E-state index is 12.3. The normalized spacial score (nSPS) is 16.3. The van der Waals surface area contributed by atoms with Crippen molar-refractivity contribution >= 4 is 28.9 Å². The summed E-state index contributed by atoms with van der Waals surface area (Å²) < 4.78 is 11.4. The van der Waals surface area contributed by atoms with Crippen LogP contribution in [0.1, 0.15) is 18.4 Å². The average molecular weight is 375 g/mol. The molecule has 1 unspecified atom stereocenters. The fourth-order valence-corrected chi connectivity index (χ4v) is 2.98. The number of halogens is 1. The lowest BCUT2D eigenvalue weighted by Crippen LogP contribution is -2.23. The van der Waals surface area contributed by atoms with Gasteiger partial charge in [0.1, 0.15) is 12.4 Å². The van der Waals surface area contributed by atoms with Crippen molar-refractivity contribution in [3.8, 4) is 5.75 Å². The molecular formula is C20H23ClN2O3. The number of ether oxygens (including phenoxy) is 2. The SMILES string of the molecule is Cc1c(Cl)cccc1NC(=O)CNc1ccccc1OCC1CCCO1. The molecule has 1 aliphatic rings. The monoisotopic (exact) mass is 374 g/mol. The van der Waals surface area contributed by atoms with Crippen LogP contribution in [0.5, 0.6) is 5.75 Å². The van der Waals surface area contributed by atoms with E-state index < -0.39 is 0 Å². The molecule has 0 aliphatic carbocycles. The molecule has 1 saturated heterocycles. The number of nitrogens with one attached hydrogen (secondary N) is 2. The van der Waals surface area contributed by atoms with Gasteiger partial charge in [-0.3, -0.25) is 4.79 Å². The van der Waals surface area contributed by atoms with Crippen molar-refractivity contribution in [2.45, 2.75) is 25.9 Å². The molecule has 1 amide bonds. The smallest absolute Gasteiger partial charge is 0.243 e. The molecular weight excluding hydrogens is 352 g/mol. The minimum atomic E-state index is -0.149. The predicted octanol–water partition coefficient (Wildman–Crippen LogP) is 4.26. The van der Waals surface area contributed by atoms with E-state index in [-0.39, 0.29) is 18.6 Å². The van der Waals surface area contributed by atoms with Crippen LogP contribution in [0.15, 0.2) is 42.5 Å². The summed E-state index contributed by atoms with van der Waals surface area (Å²) in [6.45, 7) is 3.33. The molecule has 2 aromatic rings. The Bertz CT molecular complexity index is 760. The lowest BCUT2D eigenvalue weighted by Gasteiger charge is -2.16. The van der Waals surface area contributed by atoms with E-state index in [9.17, 15) is 4.79 Å². The molecule has 6 heteroatoms. The third-order valence-corrected chi connectivity index (χ3v) is 4.73. The summed E-state index contributed by atoms with van der Waals surface area (Å²) in [5, 5.41) is 6.63. The maximum Gasteiger partial charge on any atom is 0.243 e. The average Bonchev–Trinajstić information content (AvgIpc) is 3.16. The van der Waals surface area contributed by atoms with Gasteiger partial charge < -0.3 is 20.1 Å². The lowest BCUT2D eigenvalue weighted by atomic mass is 10.2. The van der Waals surface area contributed by atoms with Gasteiger partial charge in [0.15, 0.2) is 0 Å². The Kier molecular flexibility index (Phi) is 6.36. The zero-order valence-corrected chi connectivity index (χ0v) is 15.5. The minimum absolute atomic E-state index is 0.131. The summed E-state index contributed by atoms with van der Waals surface area (Å²) in [6.07, 6.45) is 2.26. The third kappa shape index (κ3) is 4.90. The van der Waals surface area contributed by atoms with Gasteiger partial charge in [-0.25, -0.2) is 0 Å². The summed E-state index contributed by atoms with van der Waals surface area (Å²) in [5.41, 5.74) is 2.35. The van der Waals surface area contributed by atoms with Crippen molar-refractivity contribution in [1.82, 2.24) is 0 Å². The number of hydrogen-bond donors (Lipinski definition) is 2. The Morgan fingerprint density at radius 2 is 2.04 bits per heavy atom. The molecule has 1 atom stereocenters. The molecule has 1 aliphatic heterocycles. The van der Waals surface area contributed by atoms with Crippen LogP contribution in [0.3, 0.4) is 0 Å². The number of para-hydroxylation sites is 2. The second kappa shape index (κ2) is 8.92. The van der Waals surface area contributed by atoms with E-state index in [4.69, 9.17) is 21.1 Å². The Morgan fingerprint density at radius 3 is 2.85 bits per heavy atom. The van der Waals surface area contributed by atoms with Gasteiger partial charge in [0, 0.05) is 17.3 Å². The highest BCUT2D eigenvalue weighted by molar-refractivity contribution is 6.31. The van der Waals surface area contributed by atoms with Gasteiger partial charge >= 0.3 is 0 Å². The fourth-order valence-electron chi connectivity index (χ4n) is 2.81. The zero-order valence-electron chi connectivity index (χ0n) is 14.8. The number of carbonyl (C=O) groups excluding carboxylic acids is 1. The number of rotatable bonds is 7. The number of benzene rings is 2. The van der Waals surface area contributed by atoms with Crippen molar-refractivity contribution < 1.29 is 14.3 Å². The number of amides is 1. The first kappa shape index (κ1) is 18.5. The van der Waals surface area contributed by atoms with E-state index in [1.54, 1.807) is 6.07 Å². The van der Waals surface area contributed by atoms with Gasteiger partial charge in [0.05, 0.1) is 18.3 Å². The molecule has 5 nitrogen and oxygen atoms in total. The largest absolute Gasteiger partial charge is 0.489 e. The van der Waals surface area contributed by atoms with E-state index in [2.05, 4.69) is 10.6 Å². The van der Waals surface area contributed by atoms with Crippen LogP contribution >= 0.6 is 11.6 Å². The van der Waals surface area contributed by atoms with Crippen molar-refractivity contribution in [1.29, 1.82) is 0 Å². The van der Waals surface area contributed by atoms with Crippen LogP contribution in [0, 0.1) is 6.92 Å². The summed E-state index contributed by atoms with van der Waals surface area (Å²) in [4.78, 5) is 12.3. The first-order valence-electron chi connectivity index (χ1n) is 8.76. The third-order valence-electron chi connectivity index (χ3n) is 4.32. The molecule has 3 rings (SSSR count). The highest BCUT2D eigenvalue weighted by atomic mass is 35.5. The molecule has 0 spiro atoms. The molecule has 0 saturated carbocycles. The predicted molar refractivity (Wildman–Crippen MR) is 104 cm³/mol. The first-order chi connectivity index (χ1) is 12.6. The van der Waals surface area contributed by atoms with Crippen LogP contribution in [0.25, 0.3) is 0 Å². The van der Waals surface area contributed by atoms with Gasteiger partial charge in [-0.1, -0.05) is 29.8 Å². The summed E-state index contributed by atoms with van der Waals surface area (Å²) in [5.74, 6) is 0.569. The standard InChI is InChI=1S/C20H23ClN2O3/c1-14-16(21)7-4-9-17(14)23-20(24)12-22-18-8-2-3-10-19(18)26-13-15-6-5-11-25-15/h2-4,7-10,15,22H,5-6,11-13H2,1H3,(H,23,24). The highest BCUT2D eigenvalue weighted by Crippen LogP contribution is 2.25. The van der Waals surface area contributed by atoms with E-state index >= 15 is 0 Å². The molecule has 1 heterocycles. The topological polar surface area (TPSA) is 59.6 Å². The molecule has 2 N–H and O–H groups in total. The number of anilines is 2. The van der Waals surface area contributed by atoms with E-state index in [1.807, 2.05) is 43.3 Å². The summed E-state index contributed by atoms with van der Waals surface area (Å²) in [6, 6.07) is 13.0. The number of carbonyl (C=O) groups is 1. The molecule has 0 radical (unpaired) electrons. The van der Waals surface area contributed by atoms with Crippen LogP contribution < -0.4 is 15.4 Å². The minimum Gasteiger partial charge on any atom is -0.489 e. The second-order valence-electron chi connectivity index (χ2n) is 6.26. The molecule has 26 heavy (non-hydrogen) atoms. The highest BCUT2D eigenvalue weighted by Gasteiger charge is 2.17. The quantitative estimate of drug-likeness (QED) is 0.760. The molecule has 2 aromatic carbocycles. The Balaban J connectivity index is 1.55. The molecule has 138 valence electrons. The van der Waals surface area contributed by atoms with Crippen LogP contribution in [-0.4, -0.2) is 31.8 Å². The van der Waals surface area contributed by atoms with Gasteiger partial charge in [-0.2, -0.15) is 0 Å². The molecule has 1 fully saturated rings. The maximum atomic E-state index is 12.3. The van der Waals surface area contributed by atoms with E-state index in [1.165, 1.54) is 0 Å². The Labute approximate surface area is 158 Å². The van der Waals surface area contributed by atoms with Crippen LogP contribution in [-0.2, 0) is 9.53 Å². The van der Waals surface area contributed by atoms with Gasteiger partial charge in [0.25, 0.3) is 0 Å².